The molecule has 0 spiro atoms. The van der Waals surface area contributed by atoms with Gasteiger partial charge in [-0.1, -0.05) is 0 Å². The first-order valence-corrected chi connectivity index (χ1v) is 6.30. The molecule has 17 heavy (non-hydrogen) atoms. The van der Waals surface area contributed by atoms with Gasteiger partial charge in [0.15, 0.2) is 0 Å². The van der Waals surface area contributed by atoms with E-state index >= 15 is 0 Å². The summed E-state index contributed by atoms with van der Waals surface area (Å²) in [5, 5.41) is 6.82. The maximum atomic E-state index is 5.33. The van der Waals surface area contributed by atoms with Gasteiger partial charge in [0, 0.05) is 6.04 Å². The third kappa shape index (κ3) is 3.85. The van der Waals surface area contributed by atoms with E-state index in [0.717, 1.165) is 25.3 Å². The lowest BCUT2D eigenvalue weighted by Crippen LogP contribution is -2.22. The summed E-state index contributed by atoms with van der Waals surface area (Å²) < 4.78 is 5.33. The second kappa shape index (κ2) is 6.39. The summed E-state index contributed by atoms with van der Waals surface area (Å²) in [6.45, 7) is 4.74. The average molecular weight is 236 g/mol. The van der Waals surface area contributed by atoms with Gasteiger partial charge in [-0.05, 0) is 39.3 Å². The molecular weight excluding hydrogens is 216 g/mol. The SMILES string of the molecule is CCOc1cncc(NC2CCCNCC2)n1. The minimum Gasteiger partial charge on any atom is -0.477 e. The van der Waals surface area contributed by atoms with Crippen LogP contribution in [0.25, 0.3) is 0 Å². The van der Waals surface area contributed by atoms with Gasteiger partial charge in [-0.3, -0.25) is 4.98 Å². The molecule has 1 aliphatic rings. The maximum Gasteiger partial charge on any atom is 0.234 e. The number of anilines is 1. The van der Waals surface area contributed by atoms with E-state index in [1.165, 1.54) is 12.8 Å². The summed E-state index contributed by atoms with van der Waals surface area (Å²) in [5.41, 5.74) is 0. The number of hydrogen-bond acceptors (Lipinski definition) is 5. The summed E-state index contributed by atoms with van der Waals surface area (Å²) in [6.07, 6.45) is 6.90. The van der Waals surface area contributed by atoms with Crippen molar-refractivity contribution >= 4 is 5.82 Å². The van der Waals surface area contributed by atoms with Gasteiger partial charge in [0.2, 0.25) is 5.88 Å². The molecular formula is C12H20N4O. The minimum atomic E-state index is 0.483. The zero-order chi connectivity index (χ0) is 11.9. The number of nitrogens with zero attached hydrogens (tertiary/aromatic N) is 2. The predicted octanol–water partition coefficient (Wildman–Crippen LogP) is 1.43. The Hall–Kier alpha value is -1.36. The molecule has 1 aliphatic heterocycles. The highest BCUT2D eigenvalue weighted by Gasteiger charge is 2.12. The summed E-state index contributed by atoms with van der Waals surface area (Å²) in [6, 6.07) is 0.483. The highest BCUT2D eigenvalue weighted by atomic mass is 16.5. The van der Waals surface area contributed by atoms with Crippen molar-refractivity contribution in [3.05, 3.63) is 12.4 Å². The molecule has 94 valence electrons. The summed E-state index contributed by atoms with van der Waals surface area (Å²) in [4.78, 5) is 8.50. The van der Waals surface area contributed by atoms with Crippen molar-refractivity contribution in [2.24, 2.45) is 0 Å². The Morgan fingerprint density at radius 1 is 1.41 bits per heavy atom. The second-order valence-electron chi connectivity index (χ2n) is 4.20. The van der Waals surface area contributed by atoms with E-state index < -0.39 is 0 Å². The molecule has 2 heterocycles. The molecule has 0 aliphatic carbocycles. The molecule has 1 aromatic rings. The third-order valence-electron chi connectivity index (χ3n) is 2.83. The third-order valence-corrected chi connectivity index (χ3v) is 2.83. The van der Waals surface area contributed by atoms with Crippen LogP contribution in [0.1, 0.15) is 26.2 Å². The first-order chi connectivity index (χ1) is 8.38. The number of nitrogens with one attached hydrogen (secondary N) is 2. The molecule has 5 nitrogen and oxygen atoms in total. The van der Waals surface area contributed by atoms with Gasteiger partial charge < -0.3 is 15.4 Å². The number of aromatic nitrogens is 2. The van der Waals surface area contributed by atoms with Crippen LogP contribution in [-0.4, -0.2) is 35.7 Å². The molecule has 1 fully saturated rings. The quantitative estimate of drug-likeness (QED) is 0.828. The lowest BCUT2D eigenvalue weighted by Gasteiger charge is -2.16. The van der Waals surface area contributed by atoms with E-state index in [2.05, 4.69) is 20.6 Å². The van der Waals surface area contributed by atoms with Gasteiger partial charge in [0.25, 0.3) is 0 Å². The average Bonchev–Trinajstić information content (AvgIpc) is 2.59. The van der Waals surface area contributed by atoms with Crippen LogP contribution in [0.15, 0.2) is 12.4 Å². The molecule has 0 saturated carbocycles. The van der Waals surface area contributed by atoms with Crippen molar-refractivity contribution in [1.29, 1.82) is 0 Å². The van der Waals surface area contributed by atoms with E-state index in [4.69, 9.17) is 4.74 Å². The Bertz CT molecular complexity index is 337. The van der Waals surface area contributed by atoms with E-state index in [0.29, 0.717) is 18.5 Å². The number of hydrogen-bond donors (Lipinski definition) is 2. The van der Waals surface area contributed by atoms with Crippen molar-refractivity contribution in [3.8, 4) is 5.88 Å². The van der Waals surface area contributed by atoms with E-state index in [-0.39, 0.29) is 0 Å². The smallest absolute Gasteiger partial charge is 0.234 e. The molecule has 0 amide bonds. The molecule has 1 saturated heterocycles. The van der Waals surface area contributed by atoms with Crippen LogP contribution in [0.2, 0.25) is 0 Å². The molecule has 0 bridgehead atoms. The van der Waals surface area contributed by atoms with Crippen LogP contribution >= 0.6 is 0 Å². The van der Waals surface area contributed by atoms with Gasteiger partial charge in [-0.2, -0.15) is 4.98 Å². The molecule has 1 aromatic heterocycles. The van der Waals surface area contributed by atoms with Gasteiger partial charge in [0.05, 0.1) is 19.0 Å². The van der Waals surface area contributed by atoms with Crippen molar-refractivity contribution in [2.45, 2.75) is 32.2 Å². The van der Waals surface area contributed by atoms with Crippen LogP contribution in [0, 0.1) is 0 Å². The largest absolute Gasteiger partial charge is 0.477 e. The maximum absolute atomic E-state index is 5.33. The predicted molar refractivity (Wildman–Crippen MR) is 67.3 cm³/mol. The molecule has 5 heteroatoms. The van der Waals surface area contributed by atoms with E-state index in [1.54, 1.807) is 12.4 Å². The van der Waals surface area contributed by atoms with Crippen LogP contribution in [0.5, 0.6) is 5.88 Å². The summed E-state index contributed by atoms with van der Waals surface area (Å²) in [7, 11) is 0. The fourth-order valence-electron chi connectivity index (χ4n) is 2.01. The Morgan fingerprint density at radius 2 is 2.35 bits per heavy atom. The van der Waals surface area contributed by atoms with Crippen molar-refractivity contribution < 1.29 is 4.74 Å². The summed E-state index contributed by atoms with van der Waals surface area (Å²) >= 11 is 0. The molecule has 2 N–H and O–H groups in total. The van der Waals surface area contributed by atoms with E-state index in [1.807, 2.05) is 6.92 Å². The van der Waals surface area contributed by atoms with Crippen LogP contribution < -0.4 is 15.4 Å². The molecule has 0 aromatic carbocycles. The molecule has 1 unspecified atom stereocenters. The monoisotopic (exact) mass is 236 g/mol. The van der Waals surface area contributed by atoms with Crippen LogP contribution in [-0.2, 0) is 0 Å². The number of rotatable bonds is 4. The highest BCUT2D eigenvalue weighted by molar-refractivity contribution is 5.34. The fourth-order valence-corrected chi connectivity index (χ4v) is 2.01. The van der Waals surface area contributed by atoms with Gasteiger partial charge in [-0.15, -0.1) is 0 Å². The van der Waals surface area contributed by atoms with Gasteiger partial charge in [-0.25, -0.2) is 0 Å². The summed E-state index contributed by atoms with van der Waals surface area (Å²) in [5.74, 6) is 1.40. The molecule has 2 rings (SSSR count). The minimum absolute atomic E-state index is 0.483. The first-order valence-electron chi connectivity index (χ1n) is 6.30. The highest BCUT2D eigenvalue weighted by Crippen LogP contribution is 2.14. The van der Waals surface area contributed by atoms with Gasteiger partial charge in [0.1, 0.15) is 5.82 Å². The van der Waals surface area contributed by atoms with E-state index in [9.17, 15) is 0 Å². The fraction of sp³-hybridized carbons (Fsp3) is 0.667. The van der Waals surface area contributed by atoms with Crippen LogP contribution in [0.4, 0.5) is 5.82 Å². The standard InChI is InChI=1S/C12H20N4O/c1-2-17-12-9-14-8-11(16-12)15-10-4-3-6-13-7-5-10/h8-10,13H,2-7H2,1H3,(H,15,16). The first kappa shape index (κ1) is 12.1. The van der Waals surface area contributed by atoms with Crippen molar-refractivity contribution in [1.82, 2.24) is 15.3 Å². The topological polar surface area (TPSA) is 59.1 Å². The second-order valence-corrected chi connectivity index (χ2v) is 4.20. The Morgan fingerprint density at radius 3 is 3.24 bits per heavy atom. The molecule has 1 atom stereocenters. The van der Waals surface area contributed by atoms with Crippen molar-refractivity contribution in [3.63, 3.8) is 0 Å². The van der Waals surface area contributed by atoms with Crippen LogP contribution in [0.3, 0.4) is 0 Å². The molecule has 0 radical (unpaired) electrons. The lowest BCUT2D eigenvalue weighted by atomic mass is 10.1. The number of ether oxygens (including phenoxy) is 1. The zero-order valence-electron chi connectivity index (χ0n) is 10.3. The Kier molecular flexibility index (Phi) is 4.55. The normalized spacial score (nSPS) is 20.6. The van der Waals surface area contributed by atoms with Crippen molar-refractivity contribution in [2.75, 3.05) is 25.0 Å². The van der Waals surface area contributed by atoms with Gasteiger partial charge >= 0.3 is 0 Å². The lowest BCUT2D eigenvalue weighted by molar-refractivity contribution is 0.325. The zero-order valence-corrected chi connectivity index (χ0v) is 10.3. The Labute approximate surface area is 102 Å². The Balaban J connectivity index is 1.94.